The number of nitrogens with zero attached hydrogens (tertiary/aromatic N) is 2. The summed E-state index contributed by atoms with van der Waals surface area (Å²) >= 11 is 1.17. The molecule has 124 heavy (non-hydrogen) atoms. The molecule has 7 aromatic rings. The predicted molar refractivity (Wildman–Crippen MR) is 464 cm³/mol. The van der Waals surface area contributed by atoms with Crippen molar-refractivity contribution >= 4 is 97.8 Å². The number of amides is 2. The zero-order valence-corrected chi connectivity index (χ0v) is 72.2. The summed E-state index contributed by atoms with van der Waals surface area (Å²) in [6, 6.07) is 38.4. The topological polar surface area (TPSA) is 350 Å². The highest BCUT2D eigenvalue weighted by molar-refractivity contribution is 7.22. The Hall–Kier alpha value is -12.8. The van der Waals surface area contributed by atoms with Crippen molar-refractivity contribution in [2.75, 3.05) is 86.2 Å². The van der Waals surface area contributed by atoms with Crippen LogP contribution in [0, 0.1) is 23.7 Å². The maximum Gasteiger partial charge on any atom is 0.338 e. The Labute approximate surface area is 727 Å². The average molecular weight is 1730 g/mol. The average Bonchev–Trinajstić information content (AvgIpc) is 1.58. The molecular formula is C95H112N2O26S. The van der Waals surface area contributed by atoms with Crippen molar-refractivity contribution in [3.05, 3.63) is 206 Å². The normalized spacial score (nSPS) is 14.6. The molecule has 0 spiro atoms. The predicted octanol–water partition coefficient (Wildman–Crippen LogP) is 17.1. The number of carbonyl (C=O) groups excluding carboxylic acids is 12. The standard InChI is InChI=1S/C33H32N2O8S.C17H22O5.C16H22O4.C15H18O5.C14H18O4/c1-17(36)19-7-11-21(12-8-19)31(40)42-24-15-16-25(43-32(41)22-13-9-20(10-14-22)18(2)37)28-27(24)29(38)35(30(28)39)33-34-23-5-3-4-6-26(23)44-33;1-3-16(18)21-12-6-4-5-7-13-22-17(19)14-8-10-15(20-2)11-9-14;1-3-16(17)20-13-7-5-4-6-12-19-15-10-8-14(18-2)9-11-15;1-3-14(16)19-10-4-5-11-20-15(17)12-6-8-13(18-2)9-7-12;1-3-14(15)18-11-5-4-10-17-13-8-6-12(16-2)7-9-13/h3-6,15-16,19-22H,7-14H2,1-2H3;3,8-11H,1,4-7,12-13H2,2H3;3,8-11H,1,4-7,12-13H2,2H3;3,6-9H,1,4-5,10-11H2,2H3;3,6-9H,1,4-5,10-11H2,2H3. The largest absolute Gasteiger partial charge is 0.497 e. The molecule has 6 aromatic carbocycles. The molecule has 1 aliphatic heterocycles. The molecule has 2 aliphatic carbocycles. The van der Waals surface area contributed by atoms with Gasteiger partial charge in [-0.05, 0) is 264 Å². The molecule has 2 amide bonds. The van der Waals surface area contributed by atoms with Crippen LogP contribution in [0.5, 0.6) is 46.0 Å². The van der Waals surface area contributed by atoms with E-state index in [0.717, 1.165) is 115 Å². The number of para-hydroxylation sites is 1. The number of rotatable bonds is 43. The summed E-state index contributed by atoms with van der Waals surface area (Å²) in [5.74, 6) is -1.18. The first-order valence-corrected chi connectivity index (χ1v) is 42.0. The van der Waals surface area contributed by atoms with Gasteiger partial charge in [-0.25, -0.2) is 38.7 Å². The van der Waals surface area contributed by atoms with Crippen LogP contribution >= 0.6 is 11.3 Å². The fraction of sp³-hybridized carbons (Fsp3) is 0.400. The third-order valence-electron chi connectivity index (χ3n) is 19.7. The third kappa shape index (κ3) is 35.0. The van der Waals surface area contributed by atoms with Crippen molar-refractivity contribution in [1.82, 2.24) is 4.98 Å². The van der Waals surface area contributed by atoms with E-state index in [-0.39, 0.29) is 81.6 Å². The molecule has 3 aliphatic rings. The molecule has 0 radical (unpaired) electrons. The van der Waals surface area contributed by atoms with E-state index < -0.39 is 47.5 Å². The number of fused-ring (bicyclic) bond motifs is 2. The van der Waals surface area contributed by atoms with E-state index in [9.17, 15) is 57.5 Å². The molecule has 0 bridgehead atoms. The second-order valence-electron chi connectivity index (χ2n) is 28.4. The highest BCUT2D eigenvalue weighted by Crippen LogP contribution is 2.43. The summed E-state index contributed by atoms with van der Waals surface area (Å²) in [5, 5.41) is 0.150. The van der Waals surface area contributed by atoms with Gasteiger partial charge in [0.25, 0.3) is 11.8 Å². The highest BCUT2D eigenvalue weighted by atomic mass is 32.1. The number of esters is 8. The lowest BCUT2D eigenvalue weighted by Crippen LogP contribution is -2.30. The number of benzene rings is 6. The third-order valence-corrected chi connectivity index (χ3v) is 20.7. The number of anilines is 1. The van der Waals surface area contributed by atoms with Crippen molar-refractivity contribution < 1.29 is 124 Å². The number of carbonyl (C=O) groups is 12. The number of ether oxygens (including phenoxy) is 14. The van der Waals surface area contributed by atoms with Crippen LogP contribution in [0.1, 0.15) is 184 Å². The van der Waals surface area contributed by atoms with E-state index in [1.54, 1.807) is 103 Å². The van der Waals surface area contributed by atoms with Crippen molar-refractivity contribution in [3.8, 4) is 46.0 Å². The van der Waals surface area contributed by atoms with Gasteiger partial charge in [0.2, 0.25) is 5.13 Å². The van der Waals surface area contributed by atoms with Crippen LogP contribution in [0.25, 0.3) is 10.2 Å². The number of methoxy groups -OCH3 is 4. The van der Waals surface area contributed by atoms with Gasteiger partial charge < -0.3 is 66.3 Å². The van der Waals surface area contributed by atoms with Gasteiger partial charge in [-0.1, -0.05) is 49.8 Å². The lowest BCUT2D eigenvalue weighted by Gasteiger charge is -2.26. The van der Waals surface area contributed by atoms with E-state index in [2.05, 4.69) is 31.3 Å². The lowest BCUT2D eigenvalue weighted by molar-refractivity contribution is -0.142. The first-order chi connectivity index (χ1) is 60.0. The number of aromatic nitrogens is 1. The van der Waals surface area contributed by atoms with Crippen LogP contribution in [-0.2, 0) is 66.8 Å². The summed E-state index contributed by atoms with van der Waals surface area (Å²) in [7, 11) is 6.40. The summed E-state index contributed by atoms with van der Waals surface area (Å²) in [5.41, 5.74) is 1.28. The molecule has 2 fully saturated rings. The van der Waals surface area contributed by atoms with Crippen LogP contribution in [0.3, 0.4) is 0 Å². The Morgan fingerprint density at radius 1 is 0.363 bits per heavy atom. The van der Waals surface area contributed by atoms with Crippen LogP contribution < -0.4 is 42.8 Å². The summed E-state index contributed by atoms with van der Waals surface area (Å²) < 4.78 is 73.2. The van der Waals surface area contributed by atoms with Crippen LogP contribution in [0.4, 0.5) is 5.13 Å². The van der Waals surface area contributed by atoms with Crippen molar-refractivity contribution in [2.45, 2.75) is 142 Å². The number of hydrogen-bond donors (Lipinski definition) is 0. The molecule has 28 nitrogen and oxygen atoms in total. The van der Waals surface area contributed by atoms with Gasteiger partial charge in [0.1, 0.15) is 57.6 Å². The number of hydrogen-bond acceptors (Lipinski definition) is 28. The van der Waals surface area contributed by atoms with Crippen LogP contribution in [-0.4, -0.2) is 157 Å². The van der Waals surface area contributed by atoms with Gasteiger partial charge in [-0.2, -0.15) is 0 Å². The molecule has 1 aromatic heterocycles. The lowest BCUT2D eigenvalue weighted by atomic mass is 9.80. The van der Waals surface area contributed by atoms with E-state index in [1.165, 1.54) is 29.5 Å². The molecule has 0 N–H and O–H groups in total. The number of imide groups is 1. The SMILES string of the molecule is C=CC(=O)OCCCCCCOC(=O)c1ccc(OC)cc1.C=CC(=O)OCCCCCCOc1ccc(OC)cc1.C=CC(=O)OCCCCOC(=O)c1ccc(OC)cc1.C=CC(=O)OCCCCOc1ccc(OC)cc1.CC(=O)C1CCC(C(=O)Oc2ccc(OC(=O)C3CCC(C(C)=O)CC3)c3c2C(=O)N(c2nc4ccccc4s2)C3=O)CC1. The Morgan fingerprint density at radius 3 is 0.960 bits per heavy atom. The molecule has 2 heterocycles. The van der Waals surface area contributed by atoms with Gasteiger partial charge in [-0.3, -0.25) is 28.8 Å². The molecule has 664 valence electrons. The van der Waals surface area contributed by atoms with E-state index in [0.29, 0.717) is 139 Å². The Bertz CT molecular complexity index is 4520. The number of unbranched alkanes of at least 4 members (excludes halogenated alkanes) is 8. The fourth-order valence-electron chi connectivity index (χ4n) is 12.6. The summed E-state index contributed by atoms with van der Waals surface area (Å²) in [6.07, 6.45) is 19.1. The highest BCUT2D eigenvalue weighted by Gasteiger charge is 2.45. The molecular weight excluding hydrogens is 1620 g/mol. The van der Waals surface area contributed by atoms with Gasteiger partial charge >= 0.3 is 47.8 Å². The molecule has 0 saturated heterocycles. The summed E-state index contributed by atoms with van der Waals surface area (Å²) in [6.45, 7) is 19.9. The molecule has 2 saturated carbocycles. The minimum atomic E-state index is -0.730. The first kappa shape index (κ1) is 100. The van der Waals surface area contributed by atoms with Gasteiger partial charge in [0.15, 0.2) is 0 Å². The fourth-order valence-corrected chi connectivity index (χ4v) is 13.5. The van der Waals surface area contributed by atoms with E-state index in [1.807, 2.05) is 60.7 Å². The van der Waals surface area contributed by atoms with Gasteiger partial charge in [0.05, 0.1) is 126 Å². The maximum absolute atomic E-state index is 13.9. The minimum Gasteiger partial charge on any atom is -0.497 e. The Kier molecular flexibility index (Phi) is 45.2. The minimum absolute atomic E-state index is 0.0728. The quantitative estimate of drug-likeness (QED) is 0.00855. The van der Waals surface area contributed by atoms with Crippen LogP contribution in [0.15, 0.2) is 184 Å². The Balaban J connectivity index is 0.000000255. The number of ketones is 2. The smallest absolute Gasteiger partial charge is 0.338 e. The Morgan fingerprint density at radius 2 is 0.645 bits per heavy atom. The molecule has 10 rings (SSSR count). The first-order valence-electron chi connectivity index (χ1n) is 41.2. The van der Waals surface area contributed by atoms with E-state index >= 15 is 0 Å². The molecule has 0 atom stereocenters. The van der Waals surface area contributed by atoms with E-state index in [4.69, 9.17) is 66.3 Å². The van der Waals surface area contributed by atoms with Crippen molar-refractivity contribution in [1.29, 1.82) is 0 Å². The van der Waals surface area contributed by atoms with Crippen molar-refractivity contribution in [3.63, 3.8) is 0 Å². The molecule has 29 heteroatoms. The second kappa shape index (κ2) is 56.0. The molecule has 0 unspecified atom stereocenters. The zero-order valence-electron chi connectivity index (χ0n) is 71.4. The second-order valence-corrected chi connectivity index (χ2v) is 29.4. The monoisotopic (exact) mass is 1730 g/mol. The van der Waals surface area contributed by atoms with Crippen molar-refractivity contribution in [2.24, 2.45) is 23.7 Å². The van der Waals surface area contributed by atoms with Crippen LogP contribution in [0.2, 0.25) is 0 Å². The summed E-state index contributed by atoms with van der Waals surface area (Å²) in [4.78, 5) is 150. The zero-order chi connectivity index (χ0) is 90.0. The van der Waals surface area contributed by atoms with Gasteiger partial charge in [0, 0.05) is 36.1 Å². The maximum atomic E-state index is 13.9. The number of thiazole rings is 1. The van der Waals surface area contributed by atoms with Gasteiger partial charge in [-0.15, -0.1) is 0 Å². The number of Topliss-reactive ketones (excluding diaryl/α,β-unsaturated/α-hetero) is 2.